The van der Waals surface area contributed by atoms with E-state index in [0.29, 0.717) is 18.0 Å². The smallest absolute Gasteiger partial charge is 0.0627 e. The van der Waals surface area contributed by atoms with E-state index in [1.54, 1.807) is 0 Å². The minimum Gasteiger partial charge on any atom is -0.317 e. The zero-order chi connectivity index (χ0) is 12.8. The summed E-state index contributed by atoms with van der Waals surface area (Å²) in [5, 5.41) is 8.00. The number of nitrogens with zero attached hydrogens (tertiary/aromatic N) is 2. The van der Waals surface area contributed by atoms with Crippen LogP contribution in [-0.4, -0.2) is 22.9 Å². The summed E-state index contributed by atoms with van der Waals surface area (Å²) in [6.07, 6.45) is 5.49. The van der Waals surface area contributed by atoms with Crippen LogP contribution in [0.1, 0.15) is 52.3 Å². The van der Waals surface area contributed by atoms with Crippen molar-refractivity contribution in [3.63, 3.8) is 0 Å². The molecule has 1 aromatic heterocycles. The highest BCUT2D eigenvalue weighted by Crippen LogP contribution is 2.16. The van der Waals surface area contributed by atoms with Gasteiger partial charge >= 0.3 is 0 Å². The Morgan fingerprint density at radius 3 is 2.47 bits per heavy atom. The summed E-state index contributed by atoms with van der Waals surface area (Å²) in [5.74, 6) is 0.616. The predicted molar refractivity (Wildman–Crippen MR) is 73.2 cm³/mol. The van der Waals surface area contributed by atoms with Crippen molar-refractivity contribution in [1.29, 1.82) is 0 Å². The van der Waals surface area contributed by atoms with E-state index in [1.165, 1.54) is 5.69 Å². The van der Waals surface area contributed by atoms with Crippen LogP contribution >= 0.6 is 0 Å². The highest BCUT2D eigenvalue weighted by Gasteiger charge is 2.13. The predicted octanol–water partition coefficient (Wildman–Crippen LogP) is 3.03. The fourth-order valence-corrected chi connectivity index (χ4v) is 2.14. The van der Waals surface area contributed by atoms with Gasteiger partial charge in [-0.3, -0.25) is 4.68 Å². The van der Waals surface area contributed by atoms with Gasteiger partial charge < -0.3 is 5.32 Å². The van der Waals surface area contributed by atoms with Gasteiger partial charge in [-0.1, -0.05) is 20.8 Å². The molecule has 0 fully saturated rings. The van der Waals surface area contributed by atoms with Gasteiger partial charge in [0.25, 0.3) is 0 Å². The molecule has 0 amide bonds. The zero-order valence-corrected chi connectivity index (χ0v) is 11.9. The van der Waals surface area contributed by atoms with Gasteiger partial charge in [-0.05, 0) is 45.2 Å². The maximum atomic E-state index is 4.70. The molecule has 0 aliphatic rings. The van der Waals surface area contributed by atoms with Gasteiger partial charge in [0, 0.05) is 12.2 Å². The van der Waals surface area contributed by atoms with Crippen LogP contribution in [0.3, 0.4) is 0 Å². The lowest BCUT2D eigenvalue weighted by atomic mass is 9.98. The summed E-state index contributed by atoms with van der Waals surface area (Å²) in [4.78, 5) is 0. The molecule has 2 unspecified atom stereocenters. The molecule has 0 bridgehead atoms. The summed E-state index contributed by atoms with van der Waals surface area (Å²) in [7, 11) is 2.02. The largest absolute Gasteiger partial charge is 0.317 e. The van der Waals surface area contributed by atoms with Crippen molar-refractivity contribution >= 4 is 0 Å². The van der Waals surface area contributed by atoms with Crippen LogP contribution in [0, 0.1) is 5.92 Å². The van der Waals surface area contributed by atoms with Crippen molar-refractivity contribution in [2.24, 2.45) is 5.92 Å². The van der Waals surface area contributed by atoms with E-state index in [4.69, 9.17) is 5.10 Å². The molecule has 3 nitrogen and oxygen atoms in total. The molecule has 1 aromatic rings. The van der Waals surface area contributed by atoms with Gasteiger partial charge in [0.05, 0.1) is 11.7 Å². The van der Waals surface area contributed by atoms with Crippen LogP contribution < -0.4 is 5.32 Å². The third-order valence-electron chi connectivity index (χ3n) is 3.82. The standard InChI is InChI=1S/C14H27N3/c1-6-14(7-2)17-9-8-13(16-17)10-11(3)12(4)15-5/h8-9,11-12,14-15H,6-7,10H2,1-5H3. The van der Waals surface area contributed by atoms with Gasteiger partial charge in [-0.2, -0.15) is 5.10 Å². The van der Waals surface area contributed by atoms with Crippen molar-refractivity contribution in [3.05, 3.63) is 18.0 Å². The van der Waals surface area contributed by atoms with Crippen molar-refractivity contribution in [2.45, 2.75) is 59.0 Å². The topological polar surface area (TPSA) is 29.9 Å². The fourth-order valence-electron chi connectivity index (χ4n) is 2.14. The van der Waals surface area contributed by atoms with E-state index >= 15 is 0 Å². The van der Waals surface area contributed by atoms with Gasteiger partial charge in [0.1, 0.15) is 0 Å². The van der Waals surface area contributed by atoms with E-state index in [2.05, 4.69) is 50.0 Å². The Labute approximate surface area is 106 Å². The Morgan fingerprint density at radius 2 is 1.94 bits per heavy atom. The molecule has 0 aromatic carbocycles. The Morgan fingerprint density at radius 1 is 1.29 bits per heavy atom. The lowest BCUT2D eigenvalue weighted by Gasteiger charge is -2.18. The molecule has 1 rings (SSSR count). The SMILES string of the molecule is CCC(CC)n1ccc(CC(C)C(C)NC)n1. The van der Waals surface area contributed by atoms with E-state index in [1.807, 2.05) is 7.05 Å². The molecule has 1 heterocycles. The molecule has 0 saturated carbocycles. The maximum Gasteiger partial charge on any atom is 0.0627 e. The Balaban J connectivity index is 2.62. The number of rotatable bonds is 7. The summed E-state index contributed by atoms with van der Waals surface area (Å²) >= 11 is 0. The molecule has 0 radical (unpaired) electrons. The molecule has 1 N–H and O–H groups in total. The van der Waals surface area contributed by atoms with Crippen LogP contribution in [0.4, 0.5) is 0 Å². The van der Waals surface area contributed by atoms with Gasteiger partial charge in [0.2, 0.25) is 0 Å². The Hall–Kier alpha value is -0.830. The Bertz CT molecular complexity index is 315. The summed E-state index contributed by atoms with van der Waals surface area (Å²) < 4.78 is 2.13. The Kier molecular flexibility index (Phi) is 5.69. The normalized spacial score (nSPS) is 15.2. The van der Waals surface area contributed by atoms with Crippen LogP contribution in [0.2, 0.25) is 0 Å². The molecule has 2 atom stereocenters. The van der Waals surface area contributed by atoms with Gasteiger partial charge in [-0.15, -0.1) is 0 Å². The van der Waals surface area contributed by atoms with Crippen molar-refractivity contribution in [2.75, 3.05) is 7.05 Å². The molecular formula is C14H27N3. The van der Waals surface area contributed by atoms with E-state index in [-0.39, 0.29) is 0 Å². The second kappa shape index (κ2) is 6.80. The number of hydrogen-bond acceptors (Lipinski definition) is 2. The zero-order valence-electron chi connectivity index (χ0n) is 11.9. The average Bonchev–Trinajstić information content (AvgIpc) is 2.78. The molecule has 98 valence electrons. The lowest BCUT2D eigenvalue weighted by molar-refractivity contribution is 0.403. The quantitative estimate of drug-likeness (QED) is 0.790. The lowest BCUT2D eigenvalue weighted by Crippen LogP contribution is -2.30. The summed E-state index contributed by atoms with van der Waals surface area (Å²) in [6, 6.07) is 3.26. The second-order valence-corrected chi connectivity index (χ2v) is 5.02. The van der Waals surface area contributed by atoms with E-state index in [0.717, 1.165) is 19.3 Å². The first kappa shape index (κ1) is 14.2. The van der Waals surface area contributed by atoms with Crippen LogP contribution in [-0.2, 0) is 6.42 Å². The van der Waals surface area contributed by atoms with Crippen molar-refractivity contribution in [1.82, 2.24) is 15.1 Å². The maximum absolute atomic E-state index is 4.70. The molecular weight excluding hydrogens is 210 g/mol. The van der Waals surface area contributed by atoms with Crippen molar-refractivity contribution < 1.29 is 0 Å². The third kappa shape index (κ3) is 3.84. The molecule has 0 saturated heterocycles. The molecule has 0 aliphatic heterocycles. The van der Waals surface area contributed by atoms with Crippen LogP contribution in [0.5, 0.6) is 0 Å². The summed E-state index contributed by atoms with van der Waals surface area (Å²) in [6.45, 7) is 8.95. The van der Waals surface area contributed by atoms with E-state index in [9.17, 15) is 0 Å². The minimum atomic E-state index is 0.535. The van der Waals surface area contributed by atoms with Crippen molar-refractivity contribution in [3.8, 4) is 0 Å². The highest BCUT2D eigenvalue weighted by atomic mass is 15.3. The van der Waals surface area contributed by atoms with Gasteiger partial charge in [0.15, 0.2) is 0 Å². The molecule has 0 spiro atoms. The van der Waals surface area contributed by atoms with Gasteiger partial charge in [-0.25, -0.2) is 0 Å². The first-order valence-corrected chi connectivity index (χ1v) is 6.83. The fraction of sp³-hybridized carbons (Fsp3) is 0.786. The van der Waals surface area contributed by atoms with Crippen LogP contribution in [0.15, 0.2) is 12.3 Å². The monoisotopic (exact) mass is 237 g/mol. The number of nitrogens with one attached hydrogen (secondary N) is 1. The van der Waals surface area contributed by atoms with E-state index < -0.39 is 0 Å². The highest BCUT2D eigenvalue weighted by molar-refractivity contribution is 5.01. The molecule has 3 heteroatoms. The number of aromatic nitrogens is 2. The minimum absolute atomic E-state index is 0.535. The second-order valence-electron chi connectivity index (χ2n) is 5.02. The molecule has 17 heavy (non-hydrogen) atoms. The molecule has 0 aliphatic carbocycles. The third-order valence-corrected chi connectivity index (χ3v) is 3.82. The average molecular weight is 237 g/mol. The number of hydrogen-bond donors (Lipinski definition) is 1. The first-order valence-electron chi connectivity index (χ1n) is 6.83. The summed E-state index contributed by atoms with van der Waals surface area (Å²) in [5.41, 5.74) is 1.21. The van der Waals surface area contributed by atoms with Crippen LogP contribution in [0.25, 0.3) is 0 Å². The first-order chi connectivity index (χ1) is 8.12.